The maximum absolute atomic E-state index is 14.0. The lowest BCUT2D eigenvalue weighted by Gasteiger charge is -2.42. The van der Waals surface area contributed by atoms with Crippen LogP contribution >= 0.6 is 0 Å². The average molecular weight is 447 g/mol. The standard InChI is InChI=1S/C27H34N4O2/c1-28-17-24-20-15-16-31(25(20)19-11-5-7-13-22(19)29-24)27(33)21-12-6-8-14-23(21)30-26(32)18-9-3-2-4-10-18/h2-5,7,9-11,13,20-21,23-25,28-29H,6,8,12,14-17H2,1H3,(H,30,32)/t20-,21-,23+,24+,25+/m0/s1. The third-order valence-corrected chi connectivity index (χ3v) is 7.72. The monoisotopic (exact) mass is 446 g/mol. The Hall–Kier alpha value is -2.86. The molecule has 3 aliphatic rings. The molecule has 6 heteroatoms. The summed E-state index contributed by atoms with van der Waals surface area (Å²) in [5.74, 6) is 0.355. The van der Waals surface area contributed by atoms with Gasteiger partial charge in [0.1, 0.15) is 0 Å². The first-order valence-corrected chi connectivity index (χ1v) is 12.3. The number of likely N-dealkylation sites (tertiary alicyclic amines) is 1. The van der Waals surface area contributed by atoms with Gasteiger partial charge in [-0.15, -0.1) is 0 Å². The lowest BCUT2D eigenvalue weighted by atomic mass is 9.81. The van der Waals surface area contributed by atoms with Crippen LogP contribution < -0.4 is 16.0 Å². The highest BCUT2D eigenvalue weighted by molar-refractivity contribution is 5.94. The fraction of sp³-hybridized carbons (Fsp3) is 0.481. The van der Waals surface area contributed by atoms with Crippen LogP contribution in [0.15, 0.2) is 54.6 Å². The van der Waals surface area contributed by atoms with Gasteiger partial charge >= 0.3 is 0 Å². The number of fused-ring (bicyclic) bond motifs is 3. The first kappa shape index (κ1) is 22.0. The van der Waals surface area contributed by atoms with E-state index in [0.717, 1.165) is 50.9 Å². The Morgan fingerprint density at radius 3 is 2.58 bits per heavy atom. The number of hydrogen-bond donors (Lipinski definition) is 3. The van der Waals surface area contributed by atoms with Crippen LogP contribution in [0.25, 0.3) is 0 Å². The molecular weight excluding hydrogens is 412 g/mol. The van der Waals surface area contributed by atoms with Gasteiger partial charge in [-0.1, -0.05) is 49.2 Å². The molecule has 33 heavy (non-hydrogen) atoms. The smallest absolute Gasteiger partial charge is 0.251 e. The summed E-state index contributed by atoms with van der Waals surface area (Å²) in [5, 5.41) is 10.2. The van der Waals surface area contributed by atoms with E-state index in [1.54, 1.807) is 0 Å². The van der Waals surface area contributed by atoms with Gasteiger partial charge in [-0.3, -0.25) is 9.59 Å². The second kappa shape index (κ2) is 9.56. The molecule has 1 saturated carbocycles. The van der Waals surface area contributed by atoms with E-state index in [1.165, 1.54) is 5.56 Å². The van der Waals surface area contributed by atoms with Gasteiger partial charge in [0.25, 0.3) is 5.91 Å². The van der Waals surface area contributed by atoms with Crippen molar-refractivity contribution in [3.05, 3.63) is 65.7 Å². The predicted molar refractivity (Wildman–Crippen MR) is 130 cm³/mol. The predicted octanol–water partition coefficient (Wildman–Crippen LogP) is 3.58. The molecule has 0 spiro atoms. The van der Waals surface area contributed by atoms with E-state index in [-0.39, 0.29) is 29.8 Å². The quantitative estimate of drug-likeness (QED) is 0.656. The molecule has 174 valence electrons. The first-order valence-electron chi connectivity index (χ1n) is 12.3. The van der Waals surface area contributed by atoms with Crippen LogP contribution in [0.2, 0.25) is 0 Å². The summed E-state index contributed by atoms with van der Waals surface area (Å²) in [4.78, 5) is 29.0. The molecule has 2 aromatic carbocycles. The largest absolute Gasteiger partial charge is 0.380 e. The number of anilines is 1. The number of carbonyl (C=O) groups excluding carboxylic acids is 2. The third-order valence-electron chi connectivity index (χ3n) is 7.72. The number of likely N-dealkylation sites (N-methyl/N-ethyl adjacent to an activating group) is 1. The second-order valence-corrected chi connectivity index (χ2v) is 9.66. The minimum Gasteiger partial charge on any atom is -0.380 e. The fourth-order valence-electron chi connectivity index (χ4n) is 6.15. The molecule has 0 bridgehead atoms. The van der Waals surface area contributed by atoms with E-state index in [0.29, 0.717) is 17.5 Å². The number of rotatable bonds is 5. The normalized spacial score (nSPS) is 28.4. The summed E-state index contributed by atoms with van der Waals surface area (Å²) < 4.78 is 0. The fourth-order valence-corrected chi connectivity index (χ4v) is 6.15. The Bertz CT molecular complexity index is 995. The highest BCUT2D eigenvalue weighted by Gasteiger charge is 2.47. The number of amides is 2. The Kier molecular flexibility index (Phi) is 6.36. The number of benzene rings is 2. The Morgan fingerprint density at radius 1 is 1.00 bits per heavy atom. The molecular formula is C27H34N4O2. The molecule has 0 radical (unpaired) electrons. The SMILES string of the molecule is CNC[C@H]1Nc2ccccc2[C@@H]2[C@H]1CCN2C(=O)[C@H]1CCCC[C@H]1NC(=O)c1ccccc1. The minimum atomic E-state index is -0.157. The minimum absolute atomic E-state index is 0.0825. The Morgan fingerprint density at radius 2 is 1.76 bits per heavy atom. The summed E-state index contributed by atoms with van der Waals surface area (Å²) >= 11 is 0. The maximum atomic E-state index is 14.0. The molecule has 0 unspecified atom stereocenters. The number of hydrogen-bond acceptors (Lipinski definition) is 4. The van der Waals surface area contributed by atoms with Gasteiger partial charge < -0.3 is 20.9 Å². The molecule has 0 aromatic heterocycles. The van der Waals surface area contributed by atoms with Crippen LogP contribution in [-0.2, 0) is 4.79 Å². The van der Waals surface area contributed by atoms with Crippen molar-refractivity contribution in [3.8, 4) is 0 Å². The van der Waals surface area contributed by atoms with Crippen molar-refractivity contribution < 1.29 is 9.59 Å². The number of nitrogens with zero attached hydrogens (tertiary/aromatic N) is 1. The van der Waals surface area contributed by atoms with Crippen LogP contribution in [0, 0.1) is 11.8 Å². The molecule has 2 aromatic rings. The van der Waals surface area contributed by atoms with Crippen LogP contribution in [0.1, 0.15) is 54.1 Å². The van der Waals surface area contributed by atoms with Crippen molar-refractivity contribution in [2.24, 2.45) is 11.8 Å². The van der Waals surface area contributed by atoms with Crippen molar-refractivity contribution in [2.45, 2.75) is 50.2 Å². The van der Waals surface area contributed by atoms with E-state index in [4.69, 9.17) is 0 Å². The van der Waals surface area contributed by atoms with Crippen LogP contribution in [-0.4, -0.2) is 48.9 Å². The first-order chi connectivity index (χ1) is 16.2. The average Bonchev–Trinajstić information content (AvgIpc) is 3.31. The van der Waals surface area contributed by atoms with Gasteiger partial charge in [-0.2, -0.15) is 0 Å². The molecule has 3 N–H and O–H groups in total. The van der Waals surface area contributed by atoms with Crippen molar-refractivity contribution in [1.29, 1.82) is 0 Å². The van der Waals surface area contributed by atoms with E-state index in [2.05, 4.69) is 45.1 Å². The Labute approximate surface area is 196 Å². The zero-order valence-corrected chi connectivity index (χ0v) is 19.3. The van der Waals surface area contributed by atoms with Crippen molar-refractivity contribution in [2.75, 3.05) is 25.5 Å². The summed E-state index contributed by atoms with van der Waals surface area (Å²) in [6.07, 6.45) is 4.78. The van der Waals surface area contributed by atoms with Gasteiger partial charge in [0.15, 0.2) is 0 Å². The molecule has 2 fully saturated rings. The zero-order valence-electron chi connectivity index (χ0n) is 19.3. The Balaban J connectivity index is 1.38. The van der Waals surface area contributed by atoms with Gasteiger partial charge in [0, 0.05) is 42.3 Å². The van der Waals surface area contributed by atoms with E-state index in [1.807, 2.05) is 37.4 Å². The zero-order chi connectivity index (χ0) is 22.8. The van der Waals surface area contributed by atoms with Gasteiger partial charge in [-0.25, -0.2) is 0 Å². The summed E-state index contributed by atoms with van der Waals surface area (Å²) in [6.45, 7) is 1.65. The van der Waals surface area contributed by atoms with Crippen molar-refractivity contribution in [1.82, 2.24) is 15.5 Å². The van der Waals surface area contributed by atoms with Gasteiger partial charge in [-0.05, 0) is 50.1 Å². The highest BCUT2D eigenvalue weighted by atomic mass is 16.2. The second-order valence-electron chi connectivity index (χ2n) is 9.66. The van der Waals surface area contributed by atoms with Crippen LogP contribution in [0.4, 0.5) is 5.69 Å². The number of nitrogens with one attached hydrogen (secondary N) is 3. The lowest BCUT2D eigenvalue weighted by Crippen LogP contribution is -2.51. The third kappa shape index (κ3) is 4.24. The van der Waals surface area contributed by atoms with E-state index < -0.39 is 0 Å². The molecule has 1 saturated heterocycles. The molecule has 6 nitrogen and oxygen atoms in total. The van der Waals surface area contributed by atoms with Crippen LogP contribution in [0.5, 0.6) is 0 Å². The van der Waals surface area contributed by atoms with Crippen LogP contribution in [0.3, 0.4) is 0 Å². The number of para-hydroxylation sites is 1. The summed E-state index contributed by atoms with van der Waals surface area (Å²) in [7, 11) is 1.98. The molecule has 5 rings (SSSR count). The molecule has 2 aliphatic heterocycles. The molecule has 2 amide bonds. The molecule has 1 aliphatic carbocycles. The number of carbonyl (C=O) groups is 2. The molecule has 2 heterocycles. The summed E-state index contributed by atoms with van der Waals surface area (Å²) in [5.41, 5.74) is 3.01. The van der Waals surface area contributed by atoms with Gasteiger partial charge in [0.2, 0.25) is 5.91 Å². The van der Waals surface area contributed by atoms with E-state index >= 15 is 0 Å². The molecule has 5 atom stereocenters. The lowest BCUT2D eigenvalue weighted by molar-refractivity contribution is -0.138. The highest BCUT2D eigenvalue weighted by Crippen LogP contribution is 2.47. The van der Waals surface area contributed by atoms with Gasteiger partial charge in [0.05, 0.1) is 12.0 Å². The van der Waals surface area contributed by atoms with Crippen molar-refractivity contribution in [3.63, 3.8) is 0 Å². The summed E-state index contributed by atoms with van der Waals surface area (Å²) in [6, 6.07) is 18.0. The van der Waals surface area contributed by atoms with E-state index in [9.17, 15) is 9.59 Å². The topological polar surface area (TPSA) is 73.5 Å². The maximum Gasteiger partial charge on any atom is 0.251 e. The van der Waals surface area contributed by atoms with Crippen molar-refractivity contribution >= 4 is 17.5 Å².